The van der Waals surface area contributed by atoms with Crippen molar-refractivity contribution in [3.05, 3.63) is 76.8 Å². The van der Waals surface area contributed by atoms with Crippen LogP contribution in [0.25, 0.3) is 23.0 Å². The van der Waals surface area contributed by atoms with Crippen molar-refractivity contribution in [3.63, 3.8) is 0 Å². The minimum absolute atomic E-state index is 0.165. The van der Waals surface area contributed by atoms with Crippen LogP contribution in [0.3, 0.4) is 0 Å². The Labute approximate surface area is 160 Å². The maximum atomic E-state index is 12.0. The molecule has 26 heavy (non-hydrogen) atoms. The zero-order valence-electron chi connectivity index (χ0n) is 14.0. The van der Waals surface area contributed by atoms with Crippen LogP contribution in [-0.4, -0.2) is 20.0 Å². The molecule has 1 aliphatic rings. The monoisotopic (exact) mass is 377 g/mol. The molecule has 6 heteroatoms. The van der Waals surface area contributed by atoms with E-state index in [1.165, 1.54) is 17.3 Å². The van der Waals surface area contributed by atoms with Gasteiger partial charge in [-0.1, -0.05) is 72.0 Å². The fraction of sp³-hybridized carbons (Fsp3) is 0.0500. The van der Waals surface area contributed by atoms with Crippen LogP contribution in [0.2, 0.25) is 0 Å². The molecule has 1 N–H and O–H groups in total. The summed E-state index contributed by atoms with van der Waals surface area (Å²) >= 11 is 6.36. The lowest BCUT2D eigenvalue weighted by molar-refractivity contribution is -0.115. The number of carbonyl (C=O) groups is 1. The van der Waals surface area contributed by atoms with Crippen LogP contribution in [0.15, 0.2) is 65.7 Å². The summed E-state index contributed by atoms with van der Waals surface area (Å²) in [5.74, 6) is -0.165. The maximum Gasteiger partial charge on any atom is 0.263 e. The Hall–Kier alpha value is -2.70. The van der Waals surface area contributed by atoms with Crippen LogP contribution in [0.1, 0.15) is 11.1 Å². The lowest BCUT2D eigenvalue weighted by Gasteiger charge is -2.01. The van der Waals surface area contributed by atoms with E-state index in [0.29, 0.717) is 9.23 Å². The standard InChI is InChI=1S/C20H15N3OS2/c1-13-7-9-14(10-8-13)18-15(11-17-19(24)21-20(25)26-17)12-23(22-18)16-5-3-2-4-6-16/h2-12H,1H3,(H,21,24,25)/b17-11+. The summed E-state index contributed by atoms with van der Waals surface area (Å²) in [4.78, 5) is 12.6. The molecule has 1 amide bonds. The predicted molar refractivity (Wildman–Crippen MR) is 110 cm³/mol. The number of aryl methyl sites for hydroxylation is 1. The van der Waals surface area contributed by atoms with Crippen molar-refractivity contribution < 1.29 is 4.79 Å². The SMILES string of the molecule is Cc1ccc(-c2nn(-c3ccccc3)cc2/C=C2/SC(=S)NC2=O)cc1. The van der Waals surface area contributed by atoms with Gasteiger partial charge in [-0.05, 0) is 25.1 Å². The number of thioether (sulfide) groups is 1. The van der Waals surface area contributed by atoms with Crippen molar-refractivity contribution in [1.29, 1.82) is 0 Å². The topological polar surface area (TPSA) is 46.9 Å². The van der Waals surface area contributed by atoms with Crippen LogP contribution in [0, 0.1) is 6.92 Å². The van der Waals surface area contributed by atoms with Crippen LogP contribution >= 0.6 is 24.0 Å². The van der Waals surface area contributed by atoms with Crippen molar-refractivity contribution in [2.75, 3.05) is 0 Å². The molecule has 0 spiro atoms. The first-order valence-electron chi connectivity index (χ1n) is 8.07. The van der Waals surface area contributed by atoms with Crippen molar-refractivity contribution in [2.24, 2.45) is 0 Å². The molecule has 0 bridgehead atoms. The highest BCUT2D eigenvalue weighted by molar-refractivity contribution is 8.26. The highest BCUT2D eigenvalue weighted by Crippen LogP contribution is 2.30. The van der Waals surface area contributed by atoms with E-state index in [0.717, 1.165) is 22.5 Å². The van der Waals surface area contributed by atoms with Gasteiger partial charge in [-0.25, -0.2) is 4.68 Å². The van der Waals surface area contributed by atoms with E-state index in [-0.39, 0.29) is 5.91 Å². The van der Waals surface area contributed by atoms with Gasteiger partial charge in [0.15, 0.2) is 0 Å². The Morgan fingerprint density at radius 1 is 1.12 bits per heavy atom. The first kappa shape index (κ1) is 16.8. The number of para-hydroxylation sites is 1. The molecule has 4 rings (SSSR count). The number of aromatic nitrogens is 2. The van der Waals surface area contributed by atoms with Gasteiger partial charge in [-0.15, -0.1) is 0 Å². The van der Waals surface area contributed by atoms with E-state index in [1.807, 2.05) is 59.4 Å². The molecule has 1 aliphatic heterocycles. The van der Waals surface area contributed by atoms with Crippen molar-refractivity contribution >= 4 is 40.3 Å². The normalized spacial score (nSPS) is 15.5. The molecule has 0 radical (unpaired) electrons. The van der Waals surface area contributed by atoms with Crippen LogP contribution in [0.4, 0.5) is 0 Å². The van der Waals surface area contributed by atoms with Crippen LogP contribution in [0.5, 0.6) is 0 Å². The first-order valence-corrected chi connectivity index (χ1v) is 9.29. The number of carbonyl (C=O) groups excluding carboxylic acids is 1. The molecule has 1 fully saturated rings. The number of nitrogens with one attached hydrogen (secondary N) is 1. The molecular weight excluding hydrogens is 362 g/mol. The summed E-state index contributed by atoms with van der Waals surface area (Å²) < 4.78 is 2.31. The second kappa shape index (κ2) is 6.90. The predicted octanol–water partition coefficient (Wildman–Crippen LogP) is 4.34. The highest BCUT2D eigenvalue weighted by atomic mass is 32.2. The van der Waals surface area contributed by atoms with Gasteiger partial charge in [0.2, 0.25) is 0 Å². The van der Waals surface area contributed by atoms with Crippen molar-refractivity contribution in [2.45, 2.75) is 6.92 Å². The van der Waals surface area contributed by atoms with E-state index in [9.17, 15) is 4.79 Å². The van der Waals surface area contributed by atoms with Crippen molar-refractivity contribution in [1.82, 2.24) is 15.1 Å². The summed E-state index contributed by atoms with van der Waals surface area (Å²) in [6, 6.07) is 18.1. The Bertz CT molecular complexity index is 1020. The van der Waals surface area contributed by atoms with Gasteiger partial charge in [0.25, 0.3) is 5.91 Å². The molecule has 128 valence electrons. The molecule has 1 aromatic heterocycles. The Balaban J connectivity index is 1.84. The van der Waals surface area contributed by atoms with Gasteiger partial charge in [0, 0.05) is 17.3 Å². The number of amides is 1. The van der Waals surface area contributed by atoms with Gasteiger partial charge in [-0.3, -0.25) is 4.79 Å². The average molecular weight is 377 g/mol. The van der Waals surface area contributed by atoms with E-state index in [1.54, 1.807) is 0 Å². The molecule has 2 heterocycles. The summed E-state index contributed by atoms with van der Waals surface area (Å²) in [5, 5.41) is 7.42. The molecule has 0 unspecified atom stereocenters. The second-order valence-corrected chi connectivity index (χ2v) is 7.65. The maximum absolute atomic E-state index is 12.0. The summed E-state index contributed by atoms with van der Waals surface area (Å²) in [7, 11) is 0. The Kier molecular flexibility index (Phi) is 4.44. The molecule has 0 atom stereocenters. The number of nitrogens with zero attached hydrogens (tertiary/aromatic N) is 2. The summed E-state index contributed by atoms with van der Waals surface area (Å²) in [5.41, 5.74) is 4.85. The van der Waals surface area contributed by atoms with Gasteiger partial charge in [0.1, 0.15) is 4.32 Å². The Morgan fingerprint density at radius 3 is 2.50 bits per heavy atom. The molecule has 0 saturated carbocycles. The third kappa shape index (κ3) is 3.34. The highest BCUT2D eigenvalue weighted by Gasteiger charge is 2.23. The number of benzene rings is 2. The summed E-state index contributed by atoms with van der Waals surface area (Å²) in [6.45, 7) is 2.05. The first-order chi connectivity index (χ1) is 12.6. The molecule has 4 nitrogen and oxygen atoms in total. The third-order valence-electron chi connectivity index (χ3n) is 4.02. The zero-order valence-corrected chi connectivity index (χ0v) is 15.6. The molecule has 0 aliphatic carbocycles. The lowest BCUT2D eigenvalue weighted by atomic mass is 10.1. The summed E-state index contributed by atoms with van der Waals surface area (Å²) in [6.07, 6.45) is 3.79. The number of thiocarbonyl (C=S) groups is 1. The van der Waals surface area contributed by atoms with E-state index >= 15 is 0 Å². The van der Waals surface area contributed by atoms with E-state index in [2.05, 4.69) is 24.4 Å². The third-order valence-corrected chi connectivity index (χ3v) is 5.18. The number of hydrogen-bond acceptors (Lipinski definition) is 4. The van der Waals surface area contributed by atoms with Gasteiger partial charge in [-0.2, -0.15) is 5.10 Å². The van der Waals surface area contributed by atoms with Gasteiger partial charge >= 0.3 is 0 Å². The largest absolute Gasteiger partial charge is 0.307 e. The quantitative estimate of drug-likeness (QED) is 0.545. The molecule has 2 aromatic carbocycles. The van der Waals surface area contributed by atoms with E-state index < -0.39 is 0 Å². The average Bonchev–Trinajstić information content (AvgIpc) is 3.20. The second-order valence-electron chi connectivity index (χ2n) is 5.93. The molecule has 3 aromatic rings. The number of rotatable bonds is 3. The molecule has 1 saturated heterocycles. The fourth-order valence-corrected chi connectivity index (χ4v) is 3.74. The van der Waals surface area contributed by atoms with E-state index in [4.69, 9.17) is 17.3 Å². The van der Waals surface area contributed by atoms with Crippen LogP contribution in [-0.2, 0) is 4.79 Å². The minimum Gasteiger partial charge on any atom is -0.307 e. The van der Waals surface area contributed by atoms with Crippen LogP contribution < -0.4 is 5.32 Å². The number of hydrogen-bond donors (Lipinski definition) is 1. The Morgan fingerprint density at radius 2 is 1.85 bits per heavy atom. The minimum atomic E-state index is -0.165. The lowest BCUT2D eigenvalue weighted by Crippen LogP contribution is -2.17. The zero-order chi connectivity index (χ0) is 18.1. The fourth-order valence-electron chi connectivity index (χ4n) is 2.70. The smallest absolute Gasteiger partial charge is 0.263 e. The molecular formula is C20H15N3OS2. The van der Waals surface area contributed by atoms with Gasteiger partial charge < -0.3 is 5.32 Å². The van der Waals surface area contributed by atoms with Gasteiger partial charge in [0.05, 0.1) is 16.3 Å². The van der Waals surface area contributed by atoms with Crippen molar-refractivity contribution in [3.8, 4) is 16.9 Å².